The van der Waals surface area contributed by atoms with E-state index in [-0.39, 0.29) is 4.90 Å². The van der Waals surface area contributed by atoms with E-state index in [1.165, 1.54) is 18.3 Å². The van der Waals surface area contributed by atoms with Crippen LogP contribution < -0.4 is 10.0 Å². The van der Waals surface area contributed by atoms with Gasteiger partial charge in [0.25, 0.3) is 10.0 Å². The van der Waals surface area contributed by atoms with Gasteiger partial charge in [0, 0.05) is 25.0 Å². The number of nitrogens with zero attached hydrogens (tertiary/aromatic N) is 2. The molecule has 0 unspecified atom stereocenters. The number of sulfonamides is 1. The van der Waals surface area contributed by atoms with Gasteiger partial charge in [0.1, 0.15) is 11.6 Å². The lowest BCUT2D eigenvalue weighted by molar-refractivity contribution is 0.601. The number of aryl methyl sites for hydroxylation is 1. The minimum atomic E-state index is -3.67. The molecule has 6 nitrogen and oxygen atoms in total. The van der Waals surface area contributed by atoms with E-state index in [0.717, 1.165) is 18.5 Å². The largest absolute Gasteiger partial charge is 0.370 e. The maximum atomic E-state index is 12.3. The molecule has 2 heterocycles. The Labute approximate surface area is 124 Å². The number of hydrogen-bond donors (Lipinski definition) is 2. The maximum absolute atomic E-state index is 12.3. The van der Waals surface area contributed by atoms with Crippen molar-refractivity contribution in [3.8, 4) is 0 Å². The summed E-state index contributed by atoms with van der Waals surface area (Å²) in [7, 11) is -3.67. The molecule has 0 amide bonds. The van der Waals surface area contributed by atoms with Crippen LogP contribution >= 0.6 is 0 Å². The van der Waals surface area contributed by atoms with Crippen molar-refractivity contribution < 1.29 is 8.42 Å². The van der Waals surface area contributed by atoms with Gasteiger partial charge >= 0.3 is 0 Å². The molecular formula is C14H18N4O2S. The van der Waals surface area contributed by atoms with Crippen molar-refractivity contribution >= 4 is 21.7 Å². The Bertz CT molecular complexity index is 699. The summed E-state index contributed by atoms with van der Waals surface area (Å²) in [6.07, 6.45) is 4.01. The fraction of sp³-hybridized carbons (Fsp3) is 0.286. The topological polar surface area (TPSA) is 84.0 Å². The molecule has 7 heteroatoms. The third-order valence-corrected chi connectivity index (χ3v) is 4.10. The van der Waals surface area contributed by atoms with Crippen LogP contribution in [0.15, 0.2) is 41.6 Å². The summed E-state index contributed by atoms with van der Waals surface area (Å²) in [5.74, 6) is 0.831. The molecule has 0 atom stereocenters. The van der Waals surface area contributed by atoms with Gasteiger partial charge < -0.3 is 5.32 Å². The normalized spacial score (nSPS) is 11.1. The van der Waals surface area contributed by atoms with Gasteiger partial charge in [-0.15, -0.1) is 0 Å². The van der Waals surface area contributed by atoms with Crippen LogP contribution in [-0.4, -0.2) is 24.9 Å². The number of rotatable bonds is 6. The Morgan fingerprint density at radius 1 is 1.14 bits per heavy atom. The predicted molar refractivity (Wildman–Crippen MR) is 82.8 cm³/mol. The van der Waals surface area contributed by atoms with Crippen molar-refractivity contribution in [1.82, 2.24) is 9.97 Å². The average Bonchev–Trinajstić information content (AvgIpc) is 2.48. The molecule has 0 saturated heterocycles. The molecule has 0 radical (unpaired) electrons. The van der Waals surface area contributed by atoms with E-state index in [0.29, 0.717) is 11.6 Å². The Hall–Kier alpha value is -2.15. The molecule has 0 aromatic carbocycles. The van der Waals surface area contributed by atoms with Gasteiger partial charge in [-0.3, -0.25) is 4.72 Å². The highest BCUT2D eigenvalue weighted by Gasteiger charge is 2.15. The summed E-state index contributed by atoms with van der Waals surface area (Å²) in [5, 5.41) is 3.06. The van der Waals surface area contributed by atoms with E-state index < -0.39 is 10.0 Å². The summed E-state index contributed by atoms with van der Waals surface area (Å²) in [6, 6.07) is 6.38. The summed E-state index contributed by atoms with van der Waals surface area (Å²) in [6.45, 7) is 4.65. The van der Waals surface area contributed by atoms with E-state index >= 15 is 0 Å². The molecular weight excluding hydrogens is 288 g/mol. The summed E-state index contributed by atoms with van der Waals surface area (Å²) < 4.78 is 27.1. The molecule has 0 aliphatic carbocycles. The number of nitrogens with one attached hydrogen (secondary N) is 2. The van der Waals surface area contributed by atoms with Crippen LogP contribution in [-0.2, 0) is 10.0 Å². The number of hydrogen-bond acceptors (Lipinski definition) is 5. The molecule has 0 fully saturated rings. The van der Waals surface area contributed by atoms with Gasteiger partial charge in [0.05, 0.1) is 4.90 Å². The third-order valence-electron chi connectivity index (χ3n) is 2.75. The van der Waals surface area contributed by atoms with Crippen molar-refractivity contribution in [2.24, 2.45) is 0 Å². The second-order valence-corrected chi connectivity index (χ2v) is 6.31. The first-order valence-electron chi connectivity index (χ1n) is 6.66. The van der Waals surface area contributed by atoms with Gasteiger partial charge in [-0.25, -0.2) is 18.4 Å². The highest BCUT2D eigenvalue weighted by atomic mass is 32.2. The van der Waals surface area contributed by atoms with Gasteiger partial charge in [-0.1, -0.05) is 13.0 Å². The van der Waals surface area contributed by atoms with Gasteiger partial charge in [0.2, 0.25) is 0 Å². The molecule has 2 aromatic heterocycles. The lowest BCUT2D eigenvalue weighted by atomic mass is 10.3. The molecule has 2 N–H and O–H groups in total. The SMILES string of the molecule is CCCNc1cc(S(=O)(=O)Nc2ccc(C)cn2)ccn1. The lowest BCUT2D eigenvalue weighted by Gasteiger charge is -2.09. The van der Waals surface area contributed by atoms with E-state index in [2.05, 4.69) is 20.0 Å². The summed E-state index contributed by atoms with van der Waals surface area (Å²) in [4.78, 5) is 8.28. The van der Waals surface area contributed by atoms with Crippen molar-refractivity contribution in [2.45, 2.75) is 25.2 Å². The predicted octanol–water partition coefficient (Wildman–Crippen LogP) is 2.41. The molecule has 0 saturated carbocycles. The summed E-state index contributed by atoms with van der Waals surface area (Å²) in [5.41, 5.74) is 0.966. The van der Waals surface area contributed by atoms with Crippen molar-refractivity contribution in [2.75, 3.05) is 16.6 Å². The molecule has 0 bridgehead atoms. The Kier molecular flexibility index (Phi) is 4.74. The van der Waals surface area contributed by atoms with Crippen molar-refractivity contribution in [1.29, 1.82) is 0 Å². The minimum absolute atomic E-state index is 0.151. The zero-order valence-corrected chi connectivity index (χ0v) is 12.8. The van der Waals surface area contributed by atoms with Crippen molar-refractivity contribution in [3.05, 3.63) is 42.2 Å². The zero-order valence-electron chi connectivity index (χ0n) is 12.0. The average molecular weight is 306 g/mol. The van der Waals surface area contributed by atoms with Crippen LogP contribution in [0, 0.1) is 6.92 Å². The molecule has 21 heavy (non-hydrogen) atoms. The standard InChI is InChI=1S/C14H18N4O2S/c1-3-7-15-14-9-12(6-8-16-14)21(19,20)18-13-5-4-11(2)10-17-13/h4-6,8-10H,3,7H2,1-2H3,(H,15,16)(H,17,18). The number of anilines is 2. The number of aromatic nitrogens is 2. The highest BCUT2D eigenvalue weighted by molar-refractivity contribution is 7.92. The Morgan fingerprint density at radius 2 is 1.95 bits per heavy atom. The van der Waals surface area contributed by atoms with Gasteiger partial charge in [-0.2, -0.15) is 0 Å². The molecule has 0 aliphatic heterocycles. The minimum Gasteiger partial charge on any atom is -0.370 e. The zero-order chi connectivity index (χ0) is 15.3. The molecule has 2 rings (SSSR count). The molecule has 0 aliphatic rings. The van der Waals surface area contributed by atoms with Gasteiger partial charge in [0.15, 0.2) is 0 Å². The van der Waals surface area contributed by atoms with Crippen LogP contribution in [0.4, 0.5) is 11.6 Å². The van der Waals surface area contributed by atoms with Crippen LogP contribution in [0.25, 0.3) is 0 Å². The first-order chi connectivity index (χ1) is 10.0. The van der Waals surface area contributed by atoms with E-state index in [4.69, 9.17) is 0 Å². The fourth-order valence-corrected chi connectivity index (χ4v) is 2.67. The second-order valence-electron chi connectivity index (χ2n) is 4.63. The summed E-state index contributed by atoms with van der Waals surface area (Å²) >= 11 is 0. The Balaban J connectivity index is 2.20. The van der Waals surface area contributed by atoms with Crippen LogP contribution in [0.5, 0.6) is 0 Å². The van der Waals surface area contributed by atoms with Crippen LogP contribution in [0.2, 0.25) is 0 Å². The highest BCUT2D eigenvalue weighted by Crippen LogP contribution is 2.16. The monoisotopic (exact) mass is 306 g/mol. The first-order valence-corrected chi connectivity index (χ1v) is 8.15. The lowest BCUT2D eigenvalue weighted by Crippen LogP contribution is -2.14. The van der Waals surface area contributed by atoms with E-state index in [1.807, 2.05) is 13.8 Å². The van der Waals surface area contributed by atoms with Crippen LogP contribution in [0.3, 0.4) is 0 Å². The first kappa shape index (κ1) is 15.2. The Morgan fingerprint density at radius 3 is 2.62 bits per heavy atom. The van der Waals surface area contributed by atoms with Crippen molar-refractivity contribution in [3.63, 3.8) is 0 Å². The number of pyridine rings is 2. The smallest absolute Gasteiger partial charge is 0.263 e. The molecule has 0 spiro atoms. The fourth-order valence-electron chi connectivity index (χ4n) is 1.65. The van der Waals surface area contributed by atoms with E-state index in [9.17, 15) is 8.42 Å². The molecule has 112 valence electrons. The van der Waals surface area contributed by atoms with E-state index in [1.54, 1.807) is 18.3 Å². The second kappa shape index (κ2) is 6.53. The quantitative estimate of drug-likeness (QED) is 0.856. The maximum Gasteiger partial charge on any atom is 0.263 e. The third kappa shape index (κ3) is 4.16. The van der Waals surface area contributed by atoms with Crippen LogP contribution in [0.1, 0.15) is 18.9 Å². The molecule has 2 aromatic rings. The van der Waals surface area contributed by atoms with Gasteiger partial charge in [-0.05, 0) is 31.0 Å².